The van der Waals surface area contributed by atoms with Crippen LogP contribution in [0, 0.1) is 0 Å². The van der Waals surface area contributed by atoms with Crippen LogP contribution in [0.2, 0.25) is 0 Å². The molecule has 2 rings (SSSR count). The summed E-state index contributed by atoms with van der Waals surface area (Å²) in [5.41, 5.74) is 4.69. The van der Waals surface area contributed by atoms with E-state index in [9.17, 15) is 22.8 Å². The largest absolute Gasteiger partial charge is 0.493 e. The standard InChI is InChI=1S/C16H17F3N2O4/c1-24-12-7-6-9(8-13(12)25-2)15(23)21-20-11-5-3-4-10(11)14(22)16(17,18)19/h6-8,20H,3-5H2,1-2H3,(H,21,23). The van der Waals surface area contributed by atoms with Crippen LogP contribution in [0.3, 0.4) is 0 Å². The Kier molecular flexibility index (Phi) is 5.55. The summed E-state index contributed by atoms with van der Waals surface area (Å²) in [6.45, 7) is 0. The number of benzene rings is 1. The van der Waals surface area contributed by atoms with Gasteiger partial charge in [0.1, 0.15) is 0 Å². The van der Waals surface area contributed by atoms with Crippen molar-refractivity contribution in [3.8, 4) is 11.5 Å². The molecule has 0 aromatic heterocycles. The van der Waals surface area contributed by atoms with Gasteiger partial charge in [0, 0.05) is 16.8 Å². The third kappa shape index (κ3) is 4.23. The third-order valence-corrected chi connectivity index (χ3v) is 3.72. The number of rotatable bonds is 6. The maximum absolute atomic E-state index is 12.6. The number of alkyl halides is 3. The van der Waals surface area contributed by atoms with Crippen molar-refractivity contribution in [3.05, 3.63) is 35.0 Å². The van der Waals surface area contributed by atoms with E-state index in [1.54, 1.807) is 0 Å². The molecule has 1 aromatic carbocycles. The number of hydrogen-bond donors (Lipinski definition) is 2. The molecule has 1 aromatic rings. The number of ether oxygens (including phenoxy) is 2. The molecular weight excluding hydrogens is 341 g/mol. The number of hydrazine groups is 1. The van der Waals surface area contributed by atoms with Gasteiger partial charge in [-0.3, -0.25) is 15.0 Å². The van der Waals surface area contributed by atoms with Gasteiger partial charge in [-0.05, 0) is 37.5 Å². The second-order valence-electron chi connectivity index (χ2n) is 5.29. The lowest BCUT2D eigenvalue weighted by molar-refractivity contribution is -0.166. The van der Waals surface area contributed by atoms with Gasteiger partial charge in [-0.15, -0.1) is 0 Å². The Morgan fingerprint density at radius 1 is 1.08 bits per heavy atom. The molecule has 1 amide bonds. The van der Waals surface area contributed by atoms with Crippen LogP contribution < -0.4 is 20.3 Å². The molecule has 2 N–H and O–H groups in total. The molecule has 136 valence electrons. The second kappa shape index (κ2) is 7.45. The van der Waals surface area contributed by atoms with Crippen LogP contribution in [0.5, 0.6) is 11.5 Å². The number of allylic oxidation sites excluding steroid dienone is 2. The lowest BCUT2D eigenvalue weighted by Gasteiger charge is -2.13. The fourth-order valence-corrected chi connectivity index (χ4v) is 2.49. The highest BCUT2D eigenvalue weighted by molar-refractivity contribution is 6.00. The Bertz CT molecular complexity index is 714. The predicted octanol–water partition coefficient (Wildman–Crippen LogP) is 2.51. The summed E-state index contributed by atoms with van der Waals surface area (Å²) in [4.78, 5) is 23.5. The van der Waals surface area contributed by atoms with E-state index in [1.807, 2.05) is 0 Å². The molecule has 0 bridgehead atoms. The van der Waals surface area contributed by atoms with Crippen molar-refractivity contribution in [3.63, 3.8) is 0 Å². The summed E-state index contributed by atoms with van der Waals surface area (Å²) in [6, 6.07) is 4.44. The number of hydrogen-bond acceptors (Lipinski definition) is 5. The van der Waals surface area contributed by atoms with E-state index < -0.39 is 17.9 Å². The highest BCUT2D eigenvalue weighted by atomic mass is 19.4. The molecule has 9 heteroatoms. The van der Waals surface area contributed by atoms with E-state index in [0.717, 1.165) is 0 Å². The van der Waals surface area contributed by atoms with Gasteiger partial charge in [0.2, 0.25) is 0 Å². The molecule has 6 nitrogen and oxygen atoms in total. The molecule has 0 heterocycles. The number of nitrogens with one attached hydrogen (secondary N) is 2. The number of carbonyl (C=O) groups is 2. The minimum Gasteiger partial charge on any atom is -0.493 e. The zero-order chi connectivity index (χ0) is 18.6. The number of halogens is 3. The summed E-state index contributed by atoms with van der Waals surface area (Å²) in [5.74, 6) is -1.70. The monoisotopic (exact) mass is 358 g/mol. The van der Waals surface area contributed by atoms with Gasteiger partial charge in [0.05, 0.1) is 14.2 Å². The van der Waals surface area contributed by atoms with Crippen LogP contribution in [-0.4, -0.2) is 32.1 Å². The Hall–Kier alpha value is -2.71. The average Bonchev–Trinajstić information content (AvgIpc) is 3.05. The molecule has 0 unspecified atom stereocenters. The summed E-state index contributed by atoms with van der Waals surface area (Å²) in [7, 11) is 2.86. The zero-order valence-corrected chi connectivity index (χ0v) is 13.6. The summed E-state index contributed by atoms with van der Waals surface area (Å²) in [5, 5.41) is 0. The Balaban J connectivity index is 2.10. The Morgan fingerprint density at radius 2 is 1.76 bits per heavy atom. The number of ketones is 1. The SMILES string of the molecule is COc1ccc(C(=O)NNC2=C(C(=O)C(F)(F)F)CCC2)cc1OC. The number of amides is 1. The van der Waals surface area contributed by atoms with Gasteiger partial charge in [0.25, 0.3) is 11.7 Å². The van der Waals surface area contributed by atoms with E-state index in [2.05, 4.69) is 10.9 Å². The van der Waals surface area contributed by atoms with E-state index in [0.29, 0.717) is 17.9 Å². The molecule has 0 radical (unpaired) electrons. The molecule has 1 aliphatic carbocycles. The van der Waals surface area contributed by atoms with Crippen molar-refractivity contribution < 1.29 is 32.2 Å². The fourth-order valence-electron chi connectivity index (χ4n) is 2.49. The number of carbonyl (C=O) groups excluding carboxylic acids is 2. The average molecular weight is 358 g/mol. The highest BCUT2D eigenvalue weighted by Gasteiger charge is 2.42. The minimum atomic E-state index is -4.93. The van der Waals surface area contributed by atoms with Crippen molar-refractivity contribution in [2.45, 2.75) is 25.4 Å². The second-order valence-corrected chi connectivity index (χ2v) is 5.29. The van der Waals surface area contributed by atoms with Crippen molar-refractivity contribution >= 4 is 11.7 Å². The molecular formula is C16H17F3N2O4. The van der Waals surface area contributed by atoms with Crippen LogP contribution in [0.25, 0.3) is 0 Å². The first-order valence-corrected chi connectivity index (χ1v) is 7.40. The molecule has 0 spiro atoms. The Labute approximate surface area is 142 Å². The normalized spacial score (nSPS) is 14.3. The maximum atomic E-state index is 12.6. The summed E-state index contributed by atoms with van der Waals surface area (Å²) < 4.78 is 47.9. The zero-order valence-electron chi connectivity index (χ0n) is 13.6. The van der Waals surface area contributed by atoms with Gasteiger partial charge in [-0.1, -0.05) is 0 Å². The maximum Gasteiger partial charge on any atom is 0.454 e. The van der Waals surface area contributed by atoms with Crippen molar-refractivity contribution in [2.75, 3.05) is 14.2 Å². The van der Waals surface area contributed by atoms with E-state index in [1.165, 1.54) is 32.4 Å². The third-order valence-electron chi connectivity index (χ3n) is 3.72. The summed E-state index contributed by atoms with van der Waals surface area (Å²) in [6.07, 6.45) is -4.25. The van der Waals surface area contributed by atoms with Gasteiger partial charge in [0.15, 0.2) is 11.5 Å². The van der Waals surface area contributed by atoms with Crippen molar-refractivity contribution in [1.29, 1.82) is 0 Å². The quantitative estimate of drug-likeness (QED) is 0.764. The van der Waals surface area contributed by atoms with Crippen molar-refractivity contribution in [1.82, 2.24) is 10.9 Å². The van der Waals surface area contributed by atoms with Gasteiger partial charge in [-0.25, -0.2) is 0 Å². The first kappa shape index (κ1) is 18.6. The summed E-state index contributed by atoms with van der Waals surface area (Å²) >= 11 is 0. The van der Waals surface area contributed by atoms with Crippen LogP contribution in [-0.2, 0) is 4.79 Å². The fraction of sp³-hybridized carbons (Fsp3) is 0.375. The van der Waals surface area contributed by atoms with Crippen LogP contribution in [0.4, 0.5) is 13.2 Å². The lowest BCUT2D eigenvalue weighted by Crippen LogP contribution is -2.38. The van der Waals surface area contributed by atoms with E-state index >= 15 is 0 Å². The first-order valence-electron chi connectivity index (χ1n) is 7.40. The molecule has 1 aliphatic rings. The van der Waals surface area contributed by atoms with E-state index in [-0.39, 0.29) is 29.7 Å². The number of Topliss-reactive ketones (excluding diaryl/α,β-unsaturated/α-hetero) is 1. The molecule has 0 aliphatic heterocycles. The predicted molar refractivity (Wildman–Crippen MR) is 82.1 cm³/mol. The van der Waals surface area contributed by atoms with E-state index in [4.69, 9.17) is 9.47 Å². The number of methoxy groups -OCH3 is 2. The van der Waals surface area contributed by atoms with Crippen LogP contribution in [0.1, 0.15) is 29.6 Å². The lowest BCUT2D eigenvalue weighted by atomic mass is 10.1. The van der Waals surface area contributed by atoms with Gasteiger partial charge in [-0.2, -0.15) is 13.2 Å². The molecule has 25 heavy (non-hydrogen) atoms. The van der Waals surface area contributed by atoms with Crippen LogP contribution in [0.15, 0.2) is 29.5 Å². The molecule has 0 atom stereocenters. The molecule has 0 saturated carbocycles. The minimum absolute atomic E-state index is 0.0207. The van der Waals surface area contributed by atoms with Gasteiger partial charge >= 0.3 is 6.18 Å². The van der Waals surface area contributed by atoms with Gasteiger partial charge < -0.3 is 14.9 Å². The molecule has 0 saturated heterocycles. The molecule has 0 fully saturated rings. The smallest absolute Gasteiger partial charge is 0.454 e. The Morgan fingerprint density at radius 3 is 2.36 bits per heavy atom. The first-order chi connectivity index (χ1) is 11.8. The van der Waals surface area contributed by atoms with Crippen molar-refractivity contribution in [2.24, 2.45) is 0 Å². The highest BCUT2D eigenvalue weighted by Crippen LogP contribution is 2.31. The van der Waals surface area contributed by atoms with Crippen LogP contribution >= 0.6 is 0 Å². The topological polar surface area (TPSA) is 76.7 Å².